The van der Waals surface area contributed by atoms with Gasteiger partial charge in [0.1, 0.15) is 22.9 Å². The topological polar surface area (TPSA) is 81.5 Å². The van der Waals surface area contributed by atoms with Crippen molar-refractivity contribution < 1.29 is 9.84 Å². The van der Waals surface area contributed by atoms with Crippen molar-refractivity contribution in [3.8, 4) is 11.5 Å². The molecule has 0 atom stereocenters. The van der Waals surface area contributed by atoms with Gasteiger partial charge in [-0.1, -0.05) is 6.92 Å². The van der Waals surface area contributed by atoms with E-state index >= 15 is 0 Å². The van der Waals surface area contributed by atoms with Gasteiger partial charge in [0, 0.05) is 0 Å². The molecule has 0 saturated heterocycles. The van der Waals surface area contributed by atoms with Gasteiger partial charge in [0.15, 0.2) is 0 Å². The highest BCUT2D eigenvalue weighted by atomic mass is 16.5. The molecule has 0 unspecified atom stereocenters. The predicted molar refractivity (Wildman–Crippen MR) is 69.0 cm³/mol. The number of nitrogens with two attached hydrogens (primary N) is 2. The van der Waals surface area contributed by atoms with Gasteiger partial charge in [-0.15, -0.1) is 0 Å². The summed E-state index contributed by atoms with van der Waals surface area (Å²) in [4.78, 5) is 0. The fourth-order valence-electron chi connectivity index (χ4n) is 2.23. The third kappa shape index (κ3) is 2.57. The molecule has 1 aromatic rings. The summed E-state index contributed by atoms with van der Waals surface area (Å²) in [5.74, 6) is 1.38. The molecule has 17 heavy (non-hydrogen) atoms. The minimum Gasteiger partial charge on any atom is -0.506 e. The smallest absolute Gasteiger partial charge is 0.145 e. The first-order valence-electron chi connectivity index (χ1n) is 6.11. The second-order valence-electron chi connectivity index (χ2n) is 4.91. The monoisotopic (exact) mass is 236 g/mol. The number of benzene rings is 1. The summed E-state index contributed by atoms with van der Waals surface area (Å²) in [7, 11) is 0. The van der Waals surface area contributed by atoms with Crippen LogP contribution in [0.1, 0.15) is 32.6 Å². The van der Waals surface area contributed by atoms with Crippen molar-refractivity contribution in [1.29, 1.82) is 0 Å². The minimum atomic E-state index is 0.00659. The van der Waals surface area contributed by atoms with Crippen LogP contribution in [0.15, 0.2) is 12.1 Å². The van der Waals surface area contributed by atoms with Gasteiger partial charge < -0.3 is 21.3 Å². The highest BCUT2D eigenvalue weighted by Gasteiger charge is 2.20. The molecule has 0 heterocycles. The minimum absolute atomic E-state index is 0.00659. The fourth-order valence-corrected chi connectivity index (χ4v) is 2.23. The normalized spacial score (nSPS) is 24.5. The third-order valence-corrected chi connectivity index (χ3v) is 3.48. The predicted octanol–water partition coefficient (Wildman–Crippen LogP) is 2.51. The molecule has 5 N–H and O–H groups in total. The Bertz CT molecular complexity index is 399. The van der Waals surface area contributed by atoms with Gasteiger partial charge >= 0.3 is 0 Å². The molecule has 94 valence electrons. The van der Waals surface area contributed by atoms with Gasteiger partial charge in [0.05, 0.1) is 6.10 Å². The van der Waals surface area contributed by atoms with Crippen molar-refractivity contribution in [3.05, 3.63) is 12.1 Å². The van der Waals surface area contributed by atoms with E-state index in [1.54, 1.807) is 6.07 Å². The van der Waals surface area contributed by atoms with E-state index in [0.717, 1.165) is 18.8 Å². The van der Waals surface area contributed by atoms with Crippen LogP contribution < -0.4 is 16.2 Å². The number of anilines is 2. The molecule has 0 amide bonds. The summed E-state index contributed by atoms with van der Waals surface area (Å²) >= 11 is 0. The van der Waals surface area contributed by atoms with Crippen LogP contribution in [-0.2, 0) is 0 Å². The average Bonchev–Trinajstić information content (AvgIpc) is 2.33. The van der Waals surface area contributed by atoms with Crippen LogP contribution in [0, 0.1) is 5.92 Å². The summed E-state index contributed by atoms with van der Waals surface area (Å²) in [5.41, 5.74) is 12.0. The standard InChI is InChI=1S/C13H20N2O2/c1-8-2-4-9(5-3-8)17-11-7-6-10(16)12(14)13(11)15/h6-9,16H,2-5,14-15H2,1H3. The molecule has 0 aromatic heterocycles. The number of nitrogen functional groups attached to an aromatic ring is 2. The molecular weight excluding hydrogens is 216 g/mol. The Hall–Kier alpha value is -1.58. The lowest BCUT2D eigenvalue weighted by Crippen LogP contribution is -2.23. The molecule has 1 aliphatic rings. The molecule has 1 fully saturated rings. The Morgan fingerprint density at radius 2 is 1.76 bits per heavy atom. The molecule has 2 rings (SSSR count). The summed E-state index contributed by atoms with van der Waals surface area (Å²) in [5, 5.41) is 9.40. The lowest BCUT2D eigenvalue weighted by molar-refractivity contribution is 0.136. The van der Waals surface area contributed by atoms with E-state index in [0.29, 0.717) is 11.4 Å². The first-order chi connectivity index (χ1) is 8.08. The zero-order chi connectivity index (χ0) is 12.4. The molecule has 0 spiro atoms. The number of hydrogen-bond donors (Lipinski definition) is 3. The zero-order valence-corrected chi connectivity index (χ0v) is 10.1. The number of aromatic hydroxyl groups is 1. The zero-order valence-electron chi connectivity index (χ0n) is 10.1. The Kier molecular flexibility index (Phi) is 3.31. The number of phenolic OH excluding ortho intramolecular Hbond substituents is 1. The molecule has 0 aliphatic heterocycles. The third-order valence-electron chi connectivity index (χ3n) is 3.48. The van der Waals surface area contributed by atoms with Crippen LogP contribution >= 0.6 is 0 Å². The number of hydrogen-bond acceptors (Lipinski definition) is 4. The Morgan fingerprint density at radius 1 is 1.12 bits per heavy atom. The van der Waals surface area contributed by atoms with Crippen LogP contribution in [0.3, 0.4) is 0 Å². The maximum Gasteiger partial charge on any atom is 0.145 e. The maximum absolute atomic E-state index is 9.40. The Morgan fingerprint density at radius 3 is 2.41 bits per heavy atom. The summed E-state index contributed by atoms with van der Waals surface area (Å²) in [6.07, 6.45) is 4.72. The van der Waals surface area contributed by atoms with Crippen molar-refractivity contribution in [2.75, 3.05) is 11.5 Å². The van der Waals surface area contributed by atoms with Crippen LogP contribution in [0.5, 0.6) is 11.5 Å². The van der Waals surface area contributed by atoms with Gasteiger partial charge in [0.2, 0.25) is 0 Å². The van der Waals surface area contributed by atoms with E-state index in [1.165, 1.54) is 18.9 Å². The molecule has 0 radical (unpaired) electrons. The maximum atomic E-state index is 9.40. The Labute approximate surface area is 102 Å². The summed E-state index contributed by atoms with van der Waals surface area (Å²) in [6, 6.07) is 3.20. The van der Waals surface area contributed by atoms with Gasteiger partial charge in [-0.2, -0.15) is 0 Å². The molecule has 1 aromatic carbocycles. The second-order valence-corrected chi connectivity index (χ2v) is 4.91. The van der Waals surface area contributed by atoms with Crippen LogP contribution in [0.25, 0.3) is 0 Å². The second kappa shape index (κ2) is 4.73. The van der Waals surface area contributed by atoms with E-state index in [2.05, 4.69) is 6.92 Å². The van der Waals surface area contributed by atoms with Gasteiger partial charge in [-0.25, -0.2) is 0 Å². The fraction of sp³-hybridized carbons (Fsp3) is 0.538. The van der Waals surface area contributed by atoms with E-state index in [1.807, 2.05) is 0 Å². The molecule has 1 aliphatic carbocycles. The Balaban J connectivity index is 2.06. The molecule has 4 nitrogen and oxygen atoms in total. The van der Waals surface area contributed by atoms with Crippen molar-refractivity contribution in [2.24, 2.45) is 5.92 Å². The average molecular weight is 236 g/mol. The summed E-state index contributed by atoms with van der Waals surface area (Å²) in [6.45, 7) is 2.27. The molecule has 1 saturated carbocycles. The van der Waals surface area contributed by atoms with Crippen LogP contribution in [0.4, 0.5) is 11.4 Å². The van der Waals surface area contributed by atoms with Crippen LogP contribution in [0.2, 0.25) is 0 Å². The SMILES string of the molecule is CC1CCC(Oc2ccc(O)c(N)c2N)CC1. The van der Waals surface area contributed by atoms with E-state index < -0.39 is 0 Å². The molecule has 4 heteroatoms. The number of rotatable bonds is 2. The highest BCUT2D eigenvalue weighted by molar-refractivity contribution is 5.76. The lowest BCUT2D eigenvalue weighted by atomic mass is 9.89. The largest absolute Gasteiger partial charge is 0.506 e. The quantitative estimate of drug-likeness (QED) is 0.544. The van der Waals surface area contributed by atoms with E-state index in [4.69, 9.17) is 16.2 Å². The van der Waals surface area contributed by atoms with Gasteiger partial charge in [0.25, 0.3) is 0 Å². The summed E-state index contributed by atoms with van der Waals surface area (Å²) < 4.78 is 5.85. The first kappa shape index (κ1) is 11.9. The number of ether oxygens (including phenoxy) is 1. The van der Waals surface area contributed by atoms with Crippen molar-refractivity contribution >= 4 is 11.4 Å². The van der Waals surface area contributed by atoms with Crippen LogP contribution in [-0.4, -0.2) is 11.2 Å². The van der Waals surface area contributed by atoms with Gasteiger partial charge in [-0.3, -0.25) is 0 Å². The first-order valence-corrected chi connectivity index (χ1v) is 6.11. The highest BCUT2D eigenvalue weighted by Crippen LogP contribution is 2.36. The molecular formula is C13H20N2O2. The number of phenols is 1. The van der Waals surface area contributed by atoms with E-state index in [9.17, 15) is 5.11 Å². The van der Waals surface area contributed by atoms with Gasteiger partial charge in [-0.05, 0) is 43.7 Å². The molecule has 0 bridgehead atoms. The lowest BCUT2D eigenvalue weighted by Gasteiger charge is -2.27. The van der Waals surface area contributed by atoms with E-state index in [-0.39, 0.29) is 17.5 Å². The van der Waals surface area contributed by atoms with Crippen molar-refractivity contribution in [3.63, 3.8) is 0 Å². The van der Waals surface area contributed by atoms with Crippen molar-refractivity contribution in [2.45, 2.75) is 38.7 Å². The van der Waals surface area contributed by atoms with Crippen molar-refractivity contribution in [1.82, 2.24) is 0 Å².